The fourth-order valence-corrected chi connectivity index (χ4v) is 5.15. The van der Waals surface area contributed by atoms with Crippen LogP contribution < -0.4 is 4.90 Å². The molecule has 1 fully saturated rings. The van der Waals surface area contributed by atoms with E-state index < -0.39 is 0 Å². The molecule has 1 saturated heterocycles. The third-order valence-electron chi connectivity index (χ3n) is 5.58. The second-order valence-electron chi connectivity index (χ2n) is 7.31. The highest BCUT2D eigenvalue weighted by Crippen LogP contribution is 2.40. The number of allylic oxidation sites excluding steroid dienone is 2. The molecule has 4 heterocycles. The number of benzene rings is 1. The normalized spacial score (nSPS) is 15.6. The molecule has 29 heavy (non-hydrogen) atoms. The van der Waals surface area contributed by atoms with Gasteiger partial charge >= 0.3 is 0 Å². The zero-order valence-corrected chi connectivity index (χ0v) is 17.6. The van der Waals surface area contributed by atoms with Crippen LogP contribution in [-0.2, 0) is 4.74 Å². The molecule has 0 amide bonds. The van der Waals surface area contributed by atoms with Crippen LogP contribution in [-0.4, -0.2) is 46.5 Å². The van der Waals surface area contributed by atoms with Gasteiger partial charge in [-0.15, -0.1) is 11.3 Å². The molecule has 0 radical (unpaired) electrons. The van der Waals surface area contributed by atoms with Gasteiger partial charge in [-0.05, 0) is 38.0 Å². The van der Waals surface area contributed by atoms with Crippen LogP contribution in [0.3, 0.4) is 0 Å². The Balaban J connectivity index is 1.79. The minimum Gasteiger partial charge on any atom is -0.378 e. The molecular weight excluding hydrogens is 382 g/mol. The lowest BCUT2D eigenvalue weighted by Gasteiger charge is -2.28. The number of ether oxygens (including phenoxy) is 1. The zero-order chi connectivity index (χ0) is 20.0. The fraction of sp³-hybridized carbons (Fsp3) is 0.318. The Kier molecular flexibility index (Phi) is 4.56. The van der Waals surface area contributed by atoms with Crippen molar-refractivity contribution >= 4 is 43.8 Å². The predicted octanol–water partition coefficient (Wildman–Crippen LogP) is 4.80. The molecule has 6 nitrogen and oxygen atoms in total. The first kappa shape index (κ1) is 18.3. The second kappa shape index (κ2) is 7.24. The Labute approximate surface area is 173 Å². The number of nitrogens with one attached hydrogen (secondary N) is 1. The van der Waals surface area contributed by atoms with E-state index >= 15 is 0 Å². The maximum Gasteiger partial charge on any atom is 0.162 e. The first-order chi connectivity index (χ1) is 14.2. The molecule has 1 aromatic carbocycles. The van der Waals surface area contributed by atoms with Crippen molar-refractivity contribution in [1.82, 2.24) is 20.2 Å². The SMILES string of the molecule is C/C=C(\C)c1sc2c(N3CCOCC3)nc(-c3cccc4[nH]ncc34)nc2c1C. The van der Waals surface area contributed by atoms with Crippen LogP contribution >= 0.6 is 11.3 Å². The number of hydrogen-bond donors (Lipinski definition) is 1. The third kappa shape index (κ3) is 3.01. The average Bonchev–Trinajstić information content (AvgIpc) is 3.38. The number of aromatic nitrogens is 4. The van der Waals surface area contributed by atoms with Crippen LogP contribution in [0.1, 0.15) is 24.3 Å². The second-order valence-corrected chi connectivity index (χ2v) is 8.33. The molecule has 5 rings (SSSR count). The molecule has 0 spiro atoms. The van der Waals surface area contributed by atoms with Crippen molar-refractivity contribution in [2.45, 2.75) is 20.8 Å². The first-order valence-electron chi connectivity index (χ1n) is 9.87. The number of thiophene rings is 1. The molecule has 0 saturated carbocycles. The summed E-state index contributed by atoms with van der Waals surface area (Å²) in [4.78, 5) is 13.7. The van der Waals surface area contributed by atoms with Crippen molar-refractivity contribution in [3.8, 4) is 11.4 Å². The first-order valence-corrected chi connectivity index (χ1v) is 10.7. The Hall–Kier alpha value is -2.77. The summed E-state index contributed by atoms with van der Waals surface area (Å²) in [5, 5.41) is 8.29. The largest absolute Gasteiger partial charge is 0.378 e. The van der Waals surface area contributed by atoms with E-state index in [1.807, 2.05) is 18.3 Å². The molecule has 4 aromatic rings. The highest BCUT2D eigenvalue weighted by atomic mass is 32.1. The molecule has 0 unspecified atom stereocenters. The highest BCUT2D eigenvalue weighted by Gasteiger charge is 2.23. The van der Waals surface area contributed by atoms with Gasteiger partial charge in [0.1, 0.15) is 0 Å². The van der Waals surface area contributed by atoms with E-state index in [1.165, 1.54) is 16.0 Å². The number of H-pyrrole nitrogens is 1. The quantitative estimate of drug-likeness (QED) is 0.530. The molecule has 1 N–H and O–H groups in total. The van der Waals surface area contributed by atoms with Crippen molar-refractivity contribution in [1.29, 1.82) is 0 Å². The van der Waals surface area contributed by atoms with Crippen LogP contribution in [0, 0.1) is 6.92 Å². The Morgan fingerprint density at radius 2 is 2.07 bits per heavy atom. The number of hydrogen-bond acceptors (Lipinski definition) is 6. The maximum absolute atomic E-state index is 5.58. The number of fused-ring (bicyclic) bond motifs is 2. The lowest BCUT2D eigenvalue weighted by Crippen LogP contribution is -2.36. The van der Waals surface area contributed by atoms with Gasteiger partial charge in [0.25, 0.3) is 0 Å². The summed E-state index contributed by atoms with van der Waals surface area (Å²) in [5.41, 5.74) is 5.53. The fourth-order valence-electron chi connectivity index (χ4n) is 3.85. The van der Waals surface area contributed by atoms with Crippen LogP contribution in [0.2, 0.25) is 0 Å². The van der Waals surface area contributed by atoms with Crippen molar-refractivity contribution in [2.75, 3.05) is 31.2 Å². The number of aryl methyl sites for hydroxylation is 1. The Morgan fingerprint density at radius 1 is 1.24 bits per heavy atom. The van der Waals surface area contributed by atoms with Gasteiger partial charge in [-0.2, -0.15) is 5.10 Å². The molecule has 1 aliphatic rings. The predicted molar refractivity (Wildman–Crippen MR) is 120 cm³/mol. The van der Waals surface area contributed by atoms with Crippen LogP contribution in [0.15, 0.2) is 30.5 Å². The summed E-state index contributed by atoms with van der Waals surface area (Å²) in [6, 6.07) is 6.12. The topological polar surface area (TPSA) is 66.9 Å². The molecular formula is C22H23N5OS. The van der Waals surface area contributed by atoms with Gasteiger partial charge in [-0.1, -0.05) is 18.2 Å². The van der Waals surface area contributed by atoms with Gasteiger partial charge < -0.3 is 9.64 Å². The van der Waals surface area contributed by atoms with Crippen molar-refractivity contribution in [3.63, 3.8) is 0 Å². The minimum atomic E-state index is 0.725. The summed E-state index contributed by atoms with van der Waals surface area (Å²) in [6.07, 6.45) is 4.01. The van der Waals surface area contributed by atoms with E-state index in [9.17, 15) is 0 Å². The Morgan fingerprint density at radius 3 is 2.86 bits per heavy atom. The lowest BCUT2D eigenvalue weighted by atomic mass is 10.1. The smallest absolute Gasteiger partial charge is 0.162 e. The van der Waals surface area contributed by atoms with E-state index in [4.69, 9.17) is 14.7 Å². The summed E-state index contributed by atoms with van der Waals surface area (Å²) in [6.45, 7) is 9.55. The molecule has 1 aliphatic heterocycles. The van der Waals surface area contributed by atoms with Gasteiger partial charge in [0.15, 0.2) is 11.6 Å². The van der Waals surface area contributed by atoms with Crippen molar-refractivity contribution in [2.24, 2.45) is 0 Å². The molecule has 0 atom stereocenters. The van der Waals surface area contributed by atoms with E-state index in [-0.39, 0.29) is 0 Å². The monoisotopic (exact) mass is 405 g/mol. The molecule has 148 valence electrons. The van der Waals surface area contributed by atoms with Crippen LogP contribution in [0.25, 0.3) is 38.1 Å². The van der Waals surface area contributed by atoms with Crippen LogP contribution in [0.5, 0.6) is 0 Å². The molecule has 0 aliphatic carbocycles. The van der Waals surface area contributed by atoms with Gasteiger partial charge in [0.2, 0.25) is 0 Å². The lowest BCUT2D eigenvalue weighted by molar-refractivity contribution is 0.122. The zero-order valence-electron chi connectivity index (χ0n) is 16.8. The summed E-state index contributed by atoms with van der Waals surface area (Å²) in [5.74, 6) is 1.76. The van der Waals surface area contributed by atoms with E-state index in [2.05, 4.69) is 48.0 Å². The van der Waals surface area contributed by atoms with E-state index in [0.29, 0.717) is 0 Å². The highest BCUT2D eigenvalue weighted by molar-refractivity contribution is 7.20. The molecule has 7 heteroatoms. The maximum atomic E-state index is 5.58. The van der Waals surface area contributed by atoms with E-state index in [0.717, 1.165) is 64.6 Å². The standard InChI is InChI=1S/C22H23N5OS/c1-4-13(2)19-14(3)18-20(29-19)22(27-8-10-28-11-9-27)25-21(24-18)15-6-5-7-17-16(15)12-23-26-17/h4-7,12H,8-11H2,1-3H3,(H,23,26)/b13-4+. The average molecular weight is 406 g/mol. The number of nitrogens with zero attached hydrogens (tertiary/aromatic N) is 4. The number of aromatic amines is 1. The van der Waals surface area contributed by atoms with Crippen molar-refractivity contribution in [3.05, 3.63) is 40.9 Å². The van der Waals surface area contributed by atoms with Crippen LogP contribution in [0.4, 0.5) is 5.82 Å². The van der Waals surface area contributed by atoms with Gasteiger partial charge in [0, 0.05) is 28.9 Å². The number of rotatable bonds is 3. The summed E-state index contributed by atoms with van der Waals surface area (Å²) >= 11 is 1.79. The van der Waals surface area contributed by atoms with Crippen molar-refractivity contribution < 1.29 is 4.74 Å². The molecule has 0 bridgehead atoms. The number of anilines is 1. The van der Waals surface area contributed by atoms with Gasteiger partial charge in [0.05, 0.1) is 35.1 Å². The van der Waals surface area contributed by atoms with E-state index in [1.54, 1.807) is 11.3 Å². The summed E-state index contributed by atoms with van der Waals surface area (Å²) in [7, 11) is 0. The third-order valence-corrected chi connectivity index (χ3v) is 6.99. The van der Waals surface area contributed by atoms with Gasteiger partial charge in [-0.3, -0.25) is 5.10 Å². The number of morpholine rings is 1. The Bertz CT molecular complexity index is 1230. The van der Waals surface area contributed by atoms with Gasteiger partial charge in [-0.25, -0.2) is 9.97 Å². The summed E-state index contributed by atoms with van der Waals surface area (Å²) < 4.78 is 6.73. The molecule has 3 aromatic heterocycles. The minimum absolute atomic E-state index is 0.725.